The summed E-state index contributed by atoms with van der Waals surface area (Å²) in [5, 5.41) is 2.71. The van der Waals surface area contributed by atoms with E-state index in [2.05, 4.69) is 5.32 Å². The number of nitrogens with two attached hydrogens (primary N) is 1. The van der Waals surface area contributed by atoms with Crippen LogP contribution in [0.4, 0.5) is 10.5 Å². The van der Waals surface area contributed by atoms with Crippen LogP contribution < -0.4 is 11.1 Å². The van der Waals surface area contributed by atoms with Gasteiger partial charge in [0.2, 0.25) is 0 Å². The van der Waals surface area contributed by atoms with E-state index in [4.69, 9.17) is 10.5 Å². The number of nitrogens with one attached hydrogen (secondary N) is 1. The summed E-state index contributed by atoms with van der Waals surface area (Å²) in [5.41, 5.74) is 7.47. The molecule has 1 amide bonds. The zero-order valence-corrected chi connectivity index (χ0v) is 10.4. The second-order valence-corrected chi connectivity index (χ2v) is 4.41. The molecule has 0 bridgehead atoms. The van der Waals surface area contributed by atoms with Crippen LogP contribution in [0.25, 0.3) is 0 Å². The first-order chi connectivity index (χ1) is 8.08. The Kier molecular flexibility index (Phi) is 5.33. The van der Waals surface area contributed by atoms with Crippen LogP contribution in [0.15, 0.2) is 24.3 Å². The van der Waals surface area contributed by atoms with Crippen molar-refractivity contribution in [1.82, 2.24) is 5.32 Å². The summed E-state index contributed by atoms with van der Waals surface area (Å²) in [4.78, 5) is 11.2. The van der Waals surface area contributed by atoms with Gasteiger partial charge in [-0.3, -0.25) is 0 Å². The molecule has 4 heteroatoms. The van der Waals surface area contributed by atoms with Crippen LogP contribution in [0.3, 0.4) is 0 Å². The highest BCUT2D eigenvalue weighted by atomic mass is 16.5. The predicted molar refractivity (Wildman–Crippen MR) is 68.7 cm³/mol. The maximum Gasteiger partial charge on any atom is 0.407 e. The van der Waals surface area contributed by atoms with Gasteiger partial charge in [-0.15, -0.1) is 0 Å². The summed E-state index contributed by atoms with van der Waals surface area (Å²) < 4.78 is 4.99. The normalized spacial score (nSPS) is 10.3. The van der Waals surface area contributed by atoms with E-state index >= 15 is 0 Å². The van der Waals surface area contributed by atoms with Crippen LogP contribution in [0, 0.1) is 5.92 Å². The van der Waals surface area contributed by atoms with Crippen molar-refractivity contribution in [2.24, 2.45) is 5.92 Å². The van der Waals surface area contributed by atoms with Crippen LogP contribution in [0.2, 0.25) is 0 Å². The van der Waals surface area contributed by atoms with Gasteiger partial charge in [0.05, 0.1) is 6.61 Å². The van der Waals surface area contributed by atoms with E-state index in [0.717, 1.165) is 17.7 Å². The van der Waals surface area contributed by atoms with E-state index < -0.39 is 0 Å². The lowest BCUT2D eigenvalue weighted by Gasteiger charge is -2.08. The third kappa shape index (κ3) is 5.80. The number of hydrogen-bond acceptors (Lipinski definition) is 3. The van der Waals surface area contributed by atoms with E-state index in [-0.39, 0.29) is 6.09 Å². The molecule has 1 rings (SSSR count). The topological polar surface area (TPSA) is 64.3 Å². The molecule has 3 N–H and O–H groups in total. The summed E-state index contributed by atoms with van der Waals surface area (Å²) in [7, 11) is 0. The quantitative estimate of drug-likeness (QED) is 0.770. The molecule has 0 aliphatic heterocycles. The minimum Gasteiger partial charge on any atom is -0.449 e. The van der Waals surface area contributed by atoms with Crippen molar-refractivity contribution in [3.8, 4) is 0 Å². The Labute approximate surface area is 102 Å². The van der Waals surface area contributed by atoms with Crippen molar-refractivity contribution >= 4 is 11.8 Å². The summed E-state index contributed by atoms with van der Waals surface area (Å²) >= 11 is 0. The van der Waals surface area contributed by atoms with Gasteiger partial charge < -0.3 is 15.8 Å². The molecule has 0 saturated carbocycles. The molecule has 0 spiro atoms. The maximum atomic E-state index is 11.2. The standard InChI is InChI=1S/C13H20N2O2/c1-10(2)9-17-13(16)15-8-7-11-3-5-12(14)6-4-11/h3-6,10H,7-9,14H2,1-2H3,(H,15,16). The minimum atomic E-state index is -0.353. The van der Waals surface area contributed by atoms with Crippen molar-refractivity contribution < 1.29 is 9.53 Å². The fourth-order valence-electron chi connectivity index (χ4n) is 1.29. The van der Waals surface area contributed by atoms with Gasteiger partial charge in [-0.2, -0.15) is 0 Å². The molecule has 0 atom stereocenters. The highest BCUT2D eigenvalue weighted by molar-refractivity contribution is 5.67. The fourth-order valence-corrected chi connectivity index (χ4v) is 1.29. The van der Waals surface area contributed by atoms with E-state index in [1.165, 1.54) is 0 Å². The van der Waals surface area contributed by atoms with Gasteiger partial charge >= 0.3 is 6.09 Å². The molecule has 1 aromatic rings. The number of benzene rings is 1. The molecule has 0 heterocycles. The van der Waals surface area contributed by atoms with Gasteiger partial charge in [-0.25, -0.2) is 4.79 Å². The second-order valence-electron chi connectivity index (χ2n) is 4.41. The summed E-state index contributed by atoms with van der Waals surface area (Å²) in [6.07, 6.45) is 0.422. The molecule has 0 fully saturated rings. The molecule has 4 nitrogen and oxygen atoms in total. The average Bonchev–Trinajstić information content (AvgIpc) is 2.29. The number of nitrogen functional groups attached to an aromatic ring is 1. The minimum absolute atomic E-state index is 0.353. The van der Waals surface area contributed by atoms with Crippen molar-refractivity contribution in [2.45, 2.75) is 20.3 Å². The Morgan fingerprint density at radius 1 is 1.35 bits per heavy atom. The van der Waals surface area contributed by atoms with Gasteiger partial charge in [0.15, 0.2) is 0 Å². The van der Waals surface area contributed by atoms with E-state index in [0.29, 0.717) is 19.1 Å². The Morgan fingerprint density at radius 3 is 2.59 bits per heavy atom. The third-order valence-electron chi connectivity index (χ3n) is 2.21. The first-order valence-corrected chi connectivity index (χ1v) is 5.83. The van der Waals surface area contributed by atoms with Crippen LogP contribution in [-0.2, 0) is 11.2 Å². The Hall–Kier alpha value is -1.71. The number of ether oxygens (including phenoxy) is 1. The number of anilines is 1. The lowest BCUT2D eigenvalue weighted by atomic mass is 10.1. The van der Waals surface area contributed by atoms with Crippen molar-refractivity contribution in [1.29, 1.82) is 0 Å². The highest BCUT2D eigenvalue weighted by Crippen LogP contribution is 2.05. The molecule has 0 saturated heterocycles. The van der Waals surface area contributed by atoms with E-state index in [9.17, 15) is 4.79 Å². The molecule has 17 heavy (non-hydrogen) atoms. The molecule has 0 aliphatic carbocycles. The first-order valence-electron chi connectivity index (χ1n) is 5.83. The number of rotatable bonds is 5. The van der Waals surface area contributed by atoms with Crippen molar-refractivity contribution in [3.05, 3.63) is 29.8 Å². The highest BCUT2D eigenvalue weighted by Gasteiger charge is 2.02. The molecular formula is C13H20N2O2. The van der Waals surface area contributed by atoms with Crippen LogP contribution in [0.1, 0.15) is 19.4 Å². The van der Waals surface area contributed by atoms with Gasteiger partial charge in [0, 0.05) is 12.2 Å². The molecule has 0 aliphatic rings. The summed E-state index contributed by atoms with van der Waals surface area (Å²) in [5.74, 6) is 0.359. The van der Waals surface area contributed by atoms with Crippen LogP contribution in [0.5, 0.6) is 0 Å². The molecule has 0 radical (unpaired) electrons. The lowest BCUT2D eigenvalue weighted by molar-refractivity contribution is 0.133. The maximum absolute atomic E-state index is 11.2. The third-order valence-corrected chi connectivity index (χ3v) is 2.21. The largest absolute Gasteiger partial charge is 0.449 e. The lowest BCUT2D eigenvalue weighted by Crippen LogP contribution is -2.27. The average molecular weight is 236 g/mol. The molecule has 0 aromatic heterocycles. The fraction of sp³-hybridized carbons (Fsp3) is 0.462. The Morgan fingerprint density at radius 2 is 2.00 bits per heavy atom. The zero-order valence-electron chi connectivity index (χ0n) is 10.4. The second kappa shape index (κ2) is 6.78. The molecular weight excluding hydrogens is 216 g/mol. The Balaban J connectivity index is 2.19. The van der Waals surface area contributed by atoms with Crippen molar-refractivity contribution in [2.75, 3.05) is 18.9 Å². The van der Waals surface area contributed by atoms with Crippen LogP contribution in [-0.4, -0.2) is 19.2 Å². The number of carbonyl (C=O) groups excluding carboxylic acids is 1. The Bertz CT molecular complexity index is 347. The van der Waals surface area contributed by atoms with Gasteiger partial charge in [-0.1, -0.05) is 26.0 Å². The van der Waals surface area contributed by atoms with Gasteiger partial charge in [0.1, 0.15) is 0 Å². The summed E-state index contributed by atoms with van der Waals surface area (Å²) in [6.45, 7) is 5.03. The van der Waals surface area contributed by atoms with Crippen LogP contribution >= 0.6 is 0 Å². The number of alkyl carbamates (subject to hydrolysis) is 1. The van der Waals surface area contributed by atoms with Gasteiger partial charge in [-0.05, 0) is 30.0 Å². The molecule has 94 valence electrons. The van der Waals surface area contributed by atoms with E-state index in [1.54, 1.807) is 0 Å². The first kappa shape index (κ1) is 13.4. The smallest absolute Gasteiger partial charge is 0.407 e. The predicted octanol–water partition coefficient (Wildman–Crippen LogP) is 2.19. The molecule has 0 unspecified atom stereocenters. The number of hydrogen-bond donors (Lipinski definition) is 2. The van der Waals surface area contributed by atoms with Gasteiger partial charge in [0.25, 0.3) is 0 Å². The molecule has 1 aromatic carbocycles. The monoisotopic (exact) mass is 236 g/mol. The van der Waals surface area contributed by atoms with E-state index in [1.807, 2.05) is 38.1 Å². The SMILES string of the molecule is CC(C)COC(=O)NCCc1ccc(N)cc1. The summed E-state index contributed by atoms with van der Waals surface area (Å²) in [6, 6.07) is 7.62. The number of amides is 1. The zero-order chi connectivity index (χ0) is 12.7. The number of carbonyl (C=O) groups is 1. The van der Waals surface area contributed by atoms with Crippen molar-refractivity contribution in [3.63, 3.8) is 0 Å².